The Kier molecular flexibility index (Phi) is 3.62. The molecule has 3 N–H and O–H groups in total. The van der Waals surface area contributed by atoms with Gasteiger partial charge in [-0.25, -0.2) is 0 Å². The molecule has 0 spiro atoms. The number of nitrogens with one attached hydrogen (secondary N) is 1. The van der Waals surface area contributed by atoms with Gasteiger partial charge in [0, 0.05) is 37.2 Å². The maximum atomic E-state index is 7.57. The van der Waals surface area contributed by atoms with E-state index >= 15 is 0 Å². The number of nitrogens with two attached hydrogens (primary N) is 1. The first-order valence-corrected chi connectivity index (χ1v) is 5.80. The summed E-state index contributed by atoms with van der Waals surface area (Å²) in [6.07, 6.45) is 3.70. The van der Waals surface area contributed by atoms with Gasteiger partial charge in [0.1, 0.15) is 5.84 Å². The molecule has 5 heteroatoms. The molecular weight excluding hydrogens is 226 g/mol. The highest BCUT2D eigenvalue weighted by Gasteiger charge is 2.08. The Morgan fingerprint density at radius 2 is 2.17 bits per heavy atom. The summed E-state index contributed by atoms with van der Waals surface area (Å²) in [6, 6.07) is 9.58. The predicted molar refractivity (Wildman–Crippen MR) is 73.0 cm³/mol. The highest BCUT2D eigenvalue weighted by Crippen LogP contribution is 2.18. The van der Waals surface area contributed by atoms with Gasteiger partial charge in [0.25, 0.3) is 0 Å². The van der Waals surface area contributed by atoms with Gasteiger partial charge in [-0.05, 0) is 18.2 Å². The Morgan fingerprint density at radius 1 is 1.39 bits per heavy atom. The van der Waals surface area contributed by atoms with E-state index in [-0.39, 0.29) is 5.84 Å². The molecule has 0 bridgehead atoms. The van der Waals surface area contributed by atoms with E-state index in [0.717, 1.165) is 24.3 Å². The zero-order chi connectivity index (χ0) is 13.0. The van der Waals surface area contributed by atoms with Crippen LogP contribution in [0.3, 0.4) is 0 Å². The summed E-state index contributed by atoms with van der Waals surface area (Å²) in [6.45, 7) is 1.61. The van der Waals surface area contributed by atoms with Gasteiger partial charge in [-0.15, -0.1) is 0 Å². The fourth-order valence-corrected chi connectivity index (χ4v) is 1.84. The lowest BCUT2D eigenvalue weighted by Gasteiger charge is -2.22. The van der Waals surface area contributed by atoms with E-state index in [2.05, 4.69) is 10.00 Å². The number of para-hydroxylation sites is 1. The van der Waals surface area contributed by atoms with Crippen LogP contribution in [-0.2, 0) is 6.54 Å². The SMILES string of the molecule is CN(CCn1cccn1)c1ccccc1C(=N)N. The number of nitrogens with zero attached hydrogens (tertiary/aromatic N) is 3. The third kappa shape index (κ3) is 2.68. The van der Waals surface area contributed by atoms with Gasteiger partial charge in [-0.3, -0.25) is 10.1 Å². The normalized spacial score (nSPS) is 10.3. The summed E-state index contributed by atoms with van der Waals surface area (Å²) >= 11 is 0. The second kappa shape index (κ2) is 5.35. The van der Waals surface area contributed by atoms with Gasteiger partial charge in [0.2, 0.25) is 0 Å². The first-order chi connectivity index (χ1) is 8.68. The molecule has 1 heterocycles. The molecule has 0 amide bonds. The Hall–Kier alpha value is -2.30. The van der Waals surface area contributed by atoms with Crippen LogP contribution in [0, 0.1) is 5.41 Å². The van der Waals surface area contributed by atoms with Crippen molar-refractivity contribution in [3.05, 3.63) is 48.3 Å². The van der Waals surface area contributed by atoms with Gasteiger partial charge < -0.3 is 10.6 Å². The monoisotopic (exact) mass is 243 g/mol. The van der Waals surface area contributed by atoms with Gasteiger partial charge in [0.05, 0.1) is 6.54 Å². The smallest absolute Gasteiger partial charge is 0.124 e. The van der Waals surface area contributed by atoms with E-state index in [9.17, 15) is 0 Å². The summed E-state index contributed by atoms with van der Waals surface area (Å²) in [5.74, 6) is 0.0940. The van der Waals surface area contributed by atoms with Crippen molar-refractivity contribution in [1.82, 2.24) is 9.78 Å². The molecule has 1 aromatic carbocycles. The average Bonchev–Trinajstić information content (AvgIpc) is 2.89. The highest BCUT2D eigenvalue weighted by molar-refractivity contribution is 6.00. The second-order valence-electron chi connectivity index (χ2n) is 4.12. The lowest BCUT2D eigenvalue weighted by atomic mass is 10.1. The first-order valence-electron chi connectivity index (χ1n) is 5.80. The molecule has 0 atom stereocenters. The number of nitrogen functional groups attached to an aromatic ring is 1. The van der Waals surface area contributed by atoms with Crippen molar-refractivity contribution < 1.29 is 0 Å². The number of hydrogen-bond acceptors (Lipinski definition) is 3. The summed E-state index contributed by atoms with van der Waals surface area (Å²) in [5.41, 5.74) is 7.32. The Bertz CT molecular complexity index is 518. The van der Waals surface area contributed by atoms with Crippen molar-refractivity contribution in [3.63, 3.8) is 0 Å². The molecule has 18 heavy (non-hydrogen) atoms. The number of hydrogen-bond donors (Lipinski definition) is 2. The number of benzene rings is 1. The van der Waals surface area contributed by atoms with Crippen molar-refractivity contribution in [2.45, 2.75) is 6.54 Å². The maximum absolute atomic E-state index is 7.57. The first kappa shape index (κ1) is 12.2. The van der Waals surface area contributed by atoms with Crippen LogP contribution in [0.1, 0.15) is 5.56 Å². The zero-order valence-electron chi connectivity index (χ0n) is 10.4. The third-order valence-corrected chi connectivity index (χ3v) is 2.83. The molecule has 0 unspecified atom stereocenters. The Labute approximate surface area is 106 Å². The summed E-state index contributed by atoms with van der Waals surface area (Å²) in [4.78, 5) is 2.08. The molecule has 5 nitrogen and oxygen atoms in total. The lowest BCUT2D eigenvalue weighted by Crippen LogP contribution is -2.26. The van der Waals surface area contributed by atoms with Crippen molar-refractivity contribution >= 4 is 11.5 Å². The minimum atomic E-state index is 0.0940. The molecule has 1 aromatic heterocycles. The van der Waals surface area contributed by atoms with E-state index in [4.69, 9.17) is 11.1 Å². The van der Waals surface area contributed by atoms with Crippen LogP contribution in [-0.4, -0.2) is 29.2 Å². The Morgan fingerprint density at radius 3 is 2.83 bits per heavy atom. The molecular formula is C13H17N5. The fourth-order valence-electron chi connectivity index (χ4n) is 1.84. The van der Waals surface area contributed by atoms with Crippen LogP contribution in [0.5, 0.6) is 0 Å². The van der Waals surface area contributed by atoms with Gasteiger partial charge in [0.15, 0.2) is 0 Å². The molecule has 0 fully saturated rings. The molecule has 0 aliphatic carbocycles. The van der Waals surface area contributed by atoms with Crippen LogP contribution in [0.15, 0.2) is 42.7 Å². The summed E-state index contributed by atoms with van der Waals surface area (Å²) < 4.78 is 1.88. The molecule has 0 aliphatic heterocycles. The van der Waals surface area contributed by atoms with Crippen LogP contribution >= 0.6 is 0 Å². The van der Waals surface area contributed by atoms with Crippen molar-refractivity contribution in [1.29, 1.82) is 5.41 Å². The Balaban J connectivity index is 2.09. The molecule has 0 saturated carbocycles. The number of amidine groups is 1. The second-order valence-corrected chi connectivity index (χ2v) is 4.12. The number of rotatable bonds is 5. The van der Waals surface area contributed by atoms with Crippen molar-refractivity contribution in [3.8, 4) is 0 Å². The molecule has 0 radical (unpaired) electrons. The van der Waals surface area contributed by atoms with E-state index in [1.54, 1.807) is 6.20 Å². The van der Waals surface area contributed by atoms with E-state index in [0.29, 0.717) is 0 Å². The topological polar surface area (TPSA) is 70.9 Å². The number of likely N-dealkylation sites (N-methyl/N-ethyl adjacent to an activating group) is 1. The van der Waals surface area contributed by atoms with E-state index < -0.39 is 0 Å². The largest absolute Gasteiger partial charge is 0.384 e. The molecule has 0 aliphatic rings. The van der Waals surface area contributed by atoms with E-state index in [1.807, 2.05) is 48.3 Å². The maximum Gasteiger partial charge on any atom is 0.124 e. The minimum Gasteiger partial charge on any atom is -0.384 e. The molecule has 94 valence electrons. The zero-order valence-corrected chi connectivity index (χ0v) is 10.4. The quantitative estimate of drug-likeness (QED) is 0.614. The number of aromatic nitrogens is 2. The lowest BCUT2D eigenvalue weighted by molar-refractivity contribution is 0.611. The van der Waals surface area contributed by atoms with Crippen molar-refractivity contribution in [2.24, 2.45) is 5.73 Å². The van der Waals surface area contributed by atoms with Crippen LogP contribution in [0.4, 0.5) is 5.69 Å². The average molecular weight is 243 g/mol. The molecule has 0 saturated heterocycles. The number of anilines is 1. The third-order valence-electron chi connectivity index (χ3n) is 2.83. The molecule has 2 rings (SSSR count). The van der Waals surface area contributed by atoms with Gasteiger partial charge >= 0.3 is 0 Å². The van der Waals surface area contributed by atoms with E-state index in [1.165, 1.54) is 0 Å². The standard InChI is InChI=1S/C13H17N5/c1-17(9-10-18-8-4-7-16-18)12-6-3-2-5-11(12)13(14)15/h2-8H,9-10H2,1H3,(H3,14,15). The summed E-state index contributed by atoms with van der Waals surface area (Å²) in [7, 11) is 1.99. The van der Waals surface area contributed by atoms with Crippen molar-refractivity contribution in [2.75, 3.05) is 18.5 Å². The van der Waals surface area contributed by atoms with Crippen LogP contribution < -0.4 is 10.6 Å². The fraction of sp³-hybridized carbons (Fsp3) is 0.231. The molecule has 2 aromatic rings. The predicted octanol–water partition coefficient (Wildman–Crippen LogP) is 1.30. The highest BCUT2D eigenvalue weighted by atomic mass is 15.3. The van der Waals surface area contributed by atoms with Gasteiger partial charge in [-0.1, -0.05) is 12.1 Å². The van der Waals surface area contributed by atoms with Gasteiger partial charge in [-0.2, -0.15) is 5.10 Å². The van der Waals surface area contributed by atoms with Crippen LogP contribution in [0.25, 0.3) is 0 Å². The summed E-state index contributed by atoms with van der Waals surface area (Å²) in [5, 5.41) is 11.7. The van der Waals surface area contributed by atoms with Crippen LogP contribution in [0.2, 0.25) is 0 Å². The minimum absolute atomic E-state index is 0.0940.